The highest BCUT2D eigenvalue weighted by molar-refractivity contribution is 7.89. The third-order valence-electron chi connectivity index (χ3n) is 1.79. The van der Waals surface area contributed by atoms with Crippen molar-refractivity contribution in [2.75, 3.05) is 0 Å². The van der Waals surface area contributed by atoms with Crippen LogP contribution in [0.15, 0.2) is 4.90 Å². The second-order valence-corrected chi connectivity index (χ2v) is 4.50. The molecule has 3 nitrogen and oxygen atoms in total. The molecule has 11 heteroatoms. The fourth-order valence-corrected chi connectivity index (χ4v) is 1.96. The Morgan fingerprint density at radius 1 is 0.833 bits per heavy atom. The summed E-state index contributed by atoms with van der Waals surface area (Å²) in [7, 11) is -5.45. The zero-order chi connectivity index (χ0) is 14.5. The van der Waals surface area contributed by atoms with Gasteiger partial charge in [0, 0.05) is 0 Å². The van der Waals surface area contributed by atoms with Crippen molar-refractivity contribution in [3.63, 3.8) is 0 Å². The normalized spacial score (nSPS) is 12.9. The molecule has 0 aliphatic carbocycles. The molecule has 0 atom stereocenters. The molecule has 0 saturated heterocycles. The van der Waals surface area contributed by atoms with E-state index in [1.54, 1.807) is 0 Å². The molecule has 18 heavy (non-hydrogen) atoms. The first-order chi connectivity index (χ1) is 7.89. The number of benzene rings is 1. The summed E-state index contributed by atoms with van der Waals surface area (Å²) >= 11 is 0. The van der Waals surface area contributed by atoms with Crippen molar-refractivity contribution in [2.24, 2.45) is 5.14 Å². The monoisotopic (exact) mass is 297 g/mol. The zero-order valence-electron chi connectivity index (χ0n) is 7.95. The Morgan fingerprint density at radius 3 is 1.56 bits per heavy atom. The van der Waals surface area contributed by atoms with Gasteiger partial charge in [0.1, 0.15) is 10.5 Å². The summed E-state index contributed by atoms with van der Waals surface area (Å²) in [6.45, 7) is 0. The number of nitrogens with two attached hydrogens (primary N) is 1. The van der Waals surface area contributed by atoms with Crippen LogP contribution in [-0.2, 0) is 16.2 Å². The smallest absolute Gasteiger partial charge is 0.225 e. The maximum Gasteiger partial charge on any atom is 0.420 e. The molecule has 0 unspecified atom stereocenters. The molecule has 0 heterocycles. The van der Waals surface area contributed by atoms with E-state index >= 15 is 0 Å². The lowest BCUT2D eigenvalue weighted by Crippen LogP contribution is -2.24. The molecular formula is C7H2F7NO2S. The first-order valence-corrected chi connectivity index (χ1v) is 5.39. The van der Waals surface area contributed by atoms with Crippen molar-refractivity contribution in [3.8, 4) is 0 Å². The fourth-order valence-electron chi connectivity index (χ4n) is 1.13. The summed E-state index contributed by atoms with van der Waals surface area (Å²) in [5.74, 6) is -11.1. The van der Waals surface area contributed by atoms with Crippen LogP contribution < -0.4 is 5.14 Å². The first-order valence-electron chi connectivity index (χ1n) is 3.85. The van der Waals surface area contributed by atoms with E-state index in [1.165, 1.54) is 0 Å². The second kappa shape index (κ2) is 4.09. The van der Waals surface area contributed by atoms with Crippen LogP contribution in [0.25, 0.3) is 0 Å². The van der Waals surface area contributed by atoms with Crippen molar-refractivity contribution in [1.82, 2.24) is 0 Å². The van der Waals surface area contributed by atoms with E-state index in [0.717, 1.165) is 0 Å². The summed E-state index contributed by atoms with van der Waals surface area (Å²) in [6, 6.07) is 0. The Bertz CT molecular complexity index is 607. The Hall–Kier alpha value is -1.36. The van der Waals surface area contributed by atoms with Gasteiger partial charge in [0.25, 0.3) is 0 Å². The Morgan fingerprint density at radius 2 is 1.22 bits per heavy atom. The van der Waals surface area contributed by atoms with E-state index in [-0.39, 0.29) is 0 Å². The van der Waals surface area contributed by atoms with Gasteiger partial charge in [0.15, 0.2) is 23.3 Å². The van der Waals surface area contributed by atoms with Gasteiger partial charge >= 0.3 is 6.18 Å². The lowest BCUT2D eigenvalue weighted by molar-refractivity contribution is -0.143. The molecule has 0 saturated carbocycles. The number of hydrogen-bond donors (Lipinski definition) is 1. The first kappa shape index (κ1) is 14.7. The predicted molar refractivity (Wildman–Crippen MR) is 42.6 cm³/mol. The number of alkyl halides is 3. The summed E-state index contributed by atoms with van der Waals surface area (Å²) in [5.41, 5.74) is -2.82. The average molecular weight is 297 g/mol. The standard InChI is InChI=1S/C7H2F7NO2S/c8-2-1(7(12,13)14)6(18(15,16)17)5(11)4(10)3(2)9/h(H2,15,16,17). The van der Waals surface area contributed by atoms with Crippen LogP contribution in [0.3, 0.4) is 0 Å². The van der Waals surface area contributed by atoms with Gasteiger partial charge in [-0.25, -0.2) is 31.1 Å². The van der Waals surface area contributed by atoms with Crippen molar-refractivity contribution in [1.29, 1.82) is 0 Å². The highest BCUT2D eigenvalue weighted by atomic mass is 32.2. The van der Waals surface area contributed by atoms with Crippen molar-refractivity contribution in [2.45, 2.75) is 11.1 Å². The van der Waals surface area contributed by atoms with Gasteiger partial charge in [-0.1, -0.05) is 0 Å². The topological polar surface area (TPSA) is 60.2 Å². The molecule has 0 amide bonds. The van der Waals surface area contributed by atoms with E-state index in [0.29, 0.717) is 0 Å². The van der Waals surface area contributed by atoms with Crippen molar-refractivity contribution < 1.29 is 39.2 Å². The molecule has 0 fully saturated rings. The minimum atomic E-state index is -5.78. The number of halogens is 7. The largest absolute Gasteiger partial charge is 0.420 e. The summed E-state index contributed by atoms with van der Waals surface area (Å²) in [4.78, 5) is -2.48. The van der Waals surface area contributed by atoms with Gasteiger partial charge in [-0.2, -0.15) is 13.2 Å². The van der Waals surface area contributed by atoms with Crippen molar-refractivity contribution in [3.05, 3.63) is 28.8 Å². The van der Waals surface area contributed by atoms with Gasteiger partial charge in [0.05, 0.1) is 0 Å². The van der Waals surface area contributed by atoms with Crippen LogP contribution in [0.1, 0.15) is 5.56 Å². The van der Waals surface area contributed by atoms with Crippen molar-refractivity contribution >= 4 is 10.0 Å². The summed E-state index contributed by atoms with van der Waals surface area (Å²) in [5, 5.41) is 4.22. The number of primary sulfonamides is 1. The Labute approximate surface area is 95.1 Å². The zero-order valence-corrected chi connectivity index (χ0v) is 8.76. The highest BCUT2D eigenvalue weighted by Gasteiger charge is 2.45. The van der Waals surface area contributed by atoms with Crippen LogP contribution >= 0.6 is 0 Å². The molecule has 0 aliphatic heterocycles. The lowest BCUT2D eigenvalue weighted by Gasteiger charge is -2.14. The SMILES string of the molecule is NS(=O)(=O)c1c(F)c(F)c(F)c(F)c1C(F)(F)F. The molecule has 1 rings (SSSR count). The molecule has 0 aliphatic rings. The van der Waals surface area contributed by atoms with E-state index < -0.39 is 49.9 Å². The minimum absolute atomic E-state index is 2.48. The van der Waals surface area contributed by atoms with Gasteiger partial charge < -0.3 is 0 Å². The number of rotatable bonds is 1. The summed E-state index contributed by atoms with van der Waals surface area (Å²) in [6.07, 6.45) is -5.78. The molecule has 0 aromatic heterocycles. The van der Waals surface area contributed by atoms with E-state index in [2.05, 4.69) is 5.14 Å². The molecule has 102 valence electrons. The third-order valence-corrected chi connectivity index (χ3v) is 2.74. The molecular weight excluding hydrogens is 295 g/mol. The fraction of sp³-hybridized carbons (Fsp3) is 0.143. The van der Waals surface area contributed by atoms with Crippen LogP contribution in [0.2, 0.25) is 0 Å². The van der Waals surface area contributed by atoms with Crippen LogP contribution in [0.4, 0.5) is 30.7 Å². The van der Waals surface area contributed by atoms with Crippen LogP contribution in [-0.4, -0.2) is 8.42 Å². The van der Waals surface area contributed by atoms with Crippen LogP contribution in [0.5, 0.6) is 0 Å². The predicted octanol–water partition coefficient (Wildman–Crippen LogP) is 1.91. The molecule has 0 bridgehead atoms. The highest BCUT2D eigenvalue weighted by Crippen LogP contribution is 2.38. The van der Waals surface area contributed by atoms with Gasteiger partial charge in [-0.05, 0) is 0 Å². The summed E-state index contributed by atoms with van der Waals surface area (Å²) < 4.78 is 110. The lowest BCUT2D eigenvalue weighted by atomic mass is 10.2. The van der Waals surface area contributed by atoms with E-state index in [1.807, 2.05) is 0 Å². The molecule has 0 spiro atoms. The quantitative estimate of drug-likeness (QED) is 0.489. The second-order valence-electron chi connectivity index (χ2n) is 3.00. The Kier molecular flexibility index (Phi) is 3.34. The maximum absolute atomic E-state index is 13.0. The number of hydrogen-bond acceptors (Lipinski definition) is 2. The van der Waals surface area contributed by atoms with Gasteiger partial charge in [-0.15, -0.1) is 0 Å². The molecule has 0 radical (unpaired) electrons. The average Bonchev–Trinajstić information content (AvgIpc) is 2.16. The maximum atomic E-state index is 13.0. The van der Waals surface area contributed by atoms with E-state index in [4.69, 9.17) is 0 Å². The van der Waals surface area contributed by atoms with Gasteiger partial charge in [-0.3, -0.25) is 0 Å². The van der Waals surface area contributed by atoms with Crippen LogP contribution in [0, 0.1) is 23.3 Å². The Balaban J connectivity index is 4.02. The minimum Gasteiger partial charge on any atom is -0.225 e. The third kappa shape index (κ3) is 2.27. The molecule has 1 aromatic carbocycles. The molecule has 1 aromatic rings. The van der Waals surface area contributed by atoms with E-state index in [9.17, 15) is 39.2 Å². The molecule has 2 N–H and O–H groups in total. The van der Waals surface area contributed by atoms with Gasteiger partial charge in [0.2, 0.25) is 10.0 Å². The number of sulfonamides is 1.